The highest BCUT2D eigenvalue weighted by Crippen LogP contribution is 2.36. The van der Waals surface area contributed by atoms with Gasteiger partial charge >= 0.3 is 0 Å². The zero-order valence-corrected chi connectivity index (χ0v) is 17.3. The monoisotopic (exact) mass is 402 g/mol. The molecule has 2 aliphatic rings. The minimum absolute atomic E-state index is 0.264. The number of nitrogens with one attached hydrogen (secondary N) is 1. The maximum Gasteiger partial charge on any atom is 0.233 e. The van der Waals surface area contributed by atoms with Gasteiger partial charge < -0.3 is 10.2 Å². The van der Waals surface area contributed by atoms with Crippen LogP contribution in [0.1, 0.15) is 44.1 Å². The van der Waals surface area contributed by atoms with E-state index in [9.17, 15) is 4.79 Å². The SMILES string of the molecule is Cc1cccc(Nc2nnc(SCC(=O)N3CCCC4CCCCC43)s2)c1. The van der Waals surface area contributed by atoms with Crippen molar-refractivity contribution in [1.82, 2.24) is 15.1 Å². The first-order chi connectivity index (χ1) is 13.2. The highest BCUT2D eigenvalue weighted by molar-refractivity contribution is 8.01. The van der Waals surface area contributed by atoms with Crippen molar-refractivity contribution in [3.8, 4) is 0 Å². The Labute approximate surface area is 168 Å². The molecule has 1 aliphatic carbocycles. The summed E-state index contributed by atoms with van der Waals surface area (Å²) in [6.07, 6.45) is 7.53. The molecule has 144 valence electrons. The average molecular weight is 403 g/mol. The number of carbonyl (C=O) groups is 1. The molecule has 0 spiro atoms. The quantitative estimate of drug-likeness (QED) is 0.724. The number of benzene rings is 1. The number of carbonyl (C=O) groups excluding carboxylic acids is 1. The summed E-state index contributed by atoms with van der Waals surface area (Å²) in [5.74, 6) is 1.45. The third-order valence-corrected chi connectivity index (χ3v) is 7.52. The first-order valence-electron chi connectivity index (χ1n) is 9.78. The summed E-state index contributed by atoms with van der Waals surface area (Å²) in [6, 6.07) is 8.66. The van der Waals surface area contributed by atoms with E-state index in [1.165, 1.54) is 60.8 Å². The van der Waals surface area contributed by atoms with Crippen molar-refractivity contribution in [2.45, 2.75) is 55.8 Å². The van der Waals surface area contributed by atoms with Gasteiger partial charge in [-0.2, -0.15) is 0 Å². The fourth-order valence-corrected chi connectivity index (χ4v) is 5.96. The Balaban J connectivity index is 1.32. The van der Waals surface area contributed by atoms with Crippen molar-refractivity contribution in [3.05, 3.63) is 29.8 Å². The van der Waals surface area contributed by atoms with Crippen LogP contribution >= 0.6 is 23.1 Å². The Hall–Kier alpha value is -1.60. The number of aromatic nitrogens is 2. The smallest absolute Gasteiger partial charge is 0.233 e. The van der Waals surface area contributed by atoms with Crippen molar-refractivity contribution in [1.29, 1.82) is 0 Å². The molecule has 1 aromatic carbocycles. The molecule has 1 saturated carbocycles. The minimum atomic E-state index is 0.264. The summed E-state index contributed by atoms with van der Waals surface area (Å²) in [7, 11) is 0. The number of rotatable bonds is 5. The molecule has 2 aromatic rings. The average Bonchev–Trinajstić information content (AvgIpc) is 3.13. The number of nitrogens with zero attached hydrogens (tertiary/aromatic N) is 3. The third-order valence-electron chi connectivity index (χ3n) is 5.56. The van der Waals surface area contributed by atoms with Crippen molar-refractivity contribution < 1.29 is 4.79 Å². The van der Waals surface area contributed by atoms with E-state index in [4.69, 9.17) is 0 Å². The molecule has 2 fully saturated rings. The maximum atomic E-state index is 12.8. The van der Waals surface area contributed by atoms with Crippen LogP contribution in [-0.4, -0.2) is 39.3 Å². The van der Waals surface area contributed by atoms with Crippen molar-refractivity contribution in [3.63, 3.8) is 0 Å². The first kappa shape index (κ1) is 18.7. The molecule has 27 heavy (non-hydrogen) atoms. The maximum absolute atomic E-state index is 12.8. The van der Waals surface area contributed by atoms with Gasteiger partial charge in [-0.3, -0.25) is 4.79 Å². The van der Waals surface area contributed by atoms with Crippen LogP contribution in [0.4, 0.5) is 10.8 Å². The summed E-state index contributed by atoms with van der Waals surface area (Å²) in [4.78, 5) is 15.0. The molecule has 4 rings (SSSR count). The molecule has 5 nitrogen and oxygen atoms in total. The molecule has 2 heterocycles. The molecule has 2 atom stereocenters. The molecule has 1 saturated heterocycles. The van der Waals surface area contributed by atoms with Gasteiger partial charge in [-0.15, -0.1) is 10.2 Å². The third kappa shape index (κ3) is 4.63. The van der Waals surface area contributed by atoms with Gasteiger partial charge in [-0.05, 0) is 56.2 Å². The predicted octanol–water partition coefficient (Wildman–Crippen LogP) is 4.86. The van der Waals surface area contributed by atoms with Gasteiger partial charge in [0.2, 0.25) is 11.0 Å². The van der Waals surface area contributed by atoms with Crippen LogP contribution in [-0.2, 0) is 4.79 Å². The zero-order valence-electron chi connectivity index (χ0n) is 15.7. The number of fused-ring (bicyclic) bond motifs is 1. The summed E-state index contributed by atoms with van der Waals surface area (Å²) >= 11 is 3.01. The predicted molar refractivity (Wildman–Crippen MR) is 112 cm³/mol. The number of anilines is 2. The topological polar surface area (TPSA) is 58.1 Å². The van der Waals surface area contributed by atoms with Gasteiger partial charge in [0.1, 0.15) is 0 Å². The molecule has 1 amide bonds. The second kappa shape index (κ2) is 8.61. The molecule has 1 aliphatic heterocycles. The normalized spacial score (nSPS) is 22.3. The minimum Gasteiger partial charge on any atom is -0.339 e. The number of hydrogen-bond donors (Lipinski definition) is 1. The van der Waals surface area contributed by atoms with Crippen molar-refractivity contribution in [2.24, 2.45) is 5.92 Å². The van der Waals surface area contributed by atoms with Gasteiger partial charge in [0.25, 0.3) is 0 Å². The lowest BCUT2D eigenvalue weighted by Gasteiger charge is -2.44. The van der Waals surface area contributed by atoms with Crippen molar-refractivity contribution >= 4 is 39.8 Å². The molecule has 0 radical (unpaired) electrons. The largest absolute Gasteiger partial charge is 0.339 e. The van der Waals surface area contributed by atoms with Gasteiger partial charge in [0.05, 0.1) is 5.75 Å². The van der Waals surface area contributed by atoms with Crippen LogP contribution in [0.15, 0.2) is 28.6 Å². The lowest BCUT2D eigenvalue weighted by Crippen LogP contribution is -2.50. The van der Waals surface area contributed by atoms with Gasteiger partial charge in [0.15, 0.2) is 4.34 Å². The summed E-state index contributed by atoms with van der Waals surface area (Å²) in [5.41, 5.74) is 2.21. The van der Waals surface area contributed by atoms with E-state index in [0.717, 1.165) is 34.0 Å². The number of amides is 1. The molecule has 7 heteroatoms. The van der Waals surface area contributed by atoms with Crippen molar-refractivity contribution in [2.75, 3.05) is 17.6 Å². The Morgan fingerprint density at radius 2 is 2.11 bits per heavy atom. The van der Waals surface area contributed by atoms with E-state index in [-0.39, 0.29) is 5.91 Å². The van der Waals surface area contributed by atoms with Crippen LogP contribution < -0.4 is 5.32 Å². The number of likely N-dealkylation sites (tertiary alicyclic amines) is 1. The lowest BCUT2D eigenvalue weighted by molar-refractivity contribution is -0.134. The van der Waals surface area contributed by atoms with E-state index in [0.29, 0.717) is 11.8 Å². The Morgan fingerprint density at radius 1 is 1.26 bits per heavy atom. The van der Waals surface area contributed by atoms with E-state index in [1.54, 1.807) is 0 Å². The summed E-state index contributed by atoms with van der Waals surface area (Å²) in [6.45, 7) is 2.99. The van der Waals surface area contributed by atoms with Crippen LogP contribution in [0.3, 0.4) is 0 Å². The van der Waals surface area contributed by atoms with Gasteiger partial charge in [-0.1, -0.05) is 48.1 Å². The van der Waals surface area contributed by atoms with E-state index in [2.05, 4.69) is 39.5 Å². The van der Waals surface area contributed by atoms with Crippen LogP contribution in [0.2, 0.25) is 0 Å². The lowest BCUT2D eigenvalue weighted by atomic mass is 9.78. The van der Waals surface area contributed by atoms with E-state index >= 15 is 0 Å². The summed E-state index contributed by atoms with van der Waals surface area (Å²) in [5, 5.41) is 12.5. The standard InChI is InChI=1S/C20H26N4OS2/c1-14-6-4-9-16(12-14)21-19-22-23-20(27-19)26-13-18(25)24-11-5-8-15-7-2-3-10-17(15)24/h4,6,9,12,15,17H,2-3,5,7-8,10-11,13H2,1H3,(H,21,22). The Kier molecular flexibility index (Phi) is 5.98. The molecule has 0 bridgehead atoms. The van der Waals surface area contributed by atoms with E-state index in [1.807, 2.05) is 12.1 Å². The fraction of sp³-hybridized carbons (Fsp3) is 0.550. The highest BCUT2D eigenvalue weighted by Gasteiger charge is 2.35. The highest BCUT2D eigenvalue weighted by atomic mass is 32.2. The van der Waals surface area contributed by atoms with Gasteiger partial charge in [-0.25, -0.2) is 0 Å². The second-order valence-corrected chi connectivity index (χ2v) is 9.70. The van der Waals surface area contributed by atoms with Crippen LogP contribution in [0.25, 0.3) is 0 Å². The number of thioether (sulfide) groups is 1. The Morgan fingerprint density at radius 3 is 3.00 bits per heavy atom. The zero-order chi connectivity index (χ0) is 18.6. The molecule has 2 unspecified atom stereocenters. The second-order valence-electron chi connectivity index (χ2n) is 7.50. The molecular weight excluding hydrogens is 376 g/mol. The fourth-order valence-electron chi connectivity index (χ4n) is 4.31. The molecular formula is C20H26N4OS2. The summed E-state index contributed by atoms with van der Waals surface area (Å²) < 4.78 is 0.843. The van der Waals surface area contributed by atoms with E-state index < -0.39 is 0 Å². The molecule has 1 N–H and O–H groups in total. The number of aryl methyl sites for hydroxylation is 1. The van der Waals surface area contributed by atoms with Crippen LogP contribution in [0.5, 0.6) is 0 Å². The number of piperidine rings is 1. The van der Waals surface area contributed by atoms with Crippen LogP contribution in [0, 0.1) is 12.8 Å². The molecule has 1 aromatic heterocycles. The first-order valence-corrected chi connectivity index (χ1v) is 11.6. The number of hydrogen-bond acceptors (Lipinski definition) is 6. The van der Waals surface area contributed by atoms with Gasteiger partial charge in [0, 0.05) is 18.3 Å². The Bertz CT molecular complexity index is 792.